The lowest BCUT2D eigenvalue weighted by Crippen LogP contribution is -2.29. The summed E-state index contributed by atoms with van der Waals surface area (Å²) in [6.45, 7) is 0.102. The smallest absolute Gasteiger partial charge is 0.240 e. The average molecular weight is 323 g/mol. The van der Waals surface area contributed by atoms with Gasteiger partial charge < -0.3 is 5.11 Å². The first-order valence-electron chi connectivity index (χ1n) is 6.94. The largest absolute Gasteiger partial charge is 0.396 e. The van der Waals surface area contributed by atoms with Gasteiger partial charge in [-0.25, -0.2) is 17.5 Å². The van der Waals surface area contributed by atoms with Crippen LogP contribution in [-0.2, 0) is 10.0 Å². The Morgan fingerprint density at radius 3 is 2.45 bits per heavy atom. The van der Waals surface area contributed by atoms with Crippen LogP contribution in [0.3, 0.4) is 0 Å². The number of rotatable bonds is 7. The number of hydrogen-bond donors (Lipinski definition) is 2. The van der Waals surface area contributed by atoms with E-state index in [0.29, 0.717) is 6.42 Å². The number of sulfonamides is 1. The van der Waals surface area contributed by atoms with Gasteiger partial charge in [0, 0.05) is 13.2 Å². The topological polar surface area (TPSA) is 66.4 Å². The first-order valence-corrected chi connectivity index (χ1v) is 8.42. The molecule has 2 rings (SSSR count). The zero-order chi connectivity index (χ0) is 16.0. The molecule has 0 saturated heterocycles. The summed E-state index contributed by atoms with van der Waals surface area (Å²) in [6.07, 6.45) is 0.440. The third-order valence-corrected chi connectivity index (χ3v) is 4.80. The van der Waals surface area contributed by atoms with Crippen molar-refractivity contribution >= 4 is 10.0 Å². The highest BCUT2D eigenvalue weighted by Crippen LogP contribution is 2.19. The number of nitrogens with one attached hydrogen (secondary N) is 1. The van der Waals surface area contributed by atoms with Gasteiger partial charge in [0.25, 0.3) is 0 Å². The second-order valence-corrected chi connectivity index (χ2v) is 6.70. The predicted molar refractivity (Wildman–Crippen MR) is 82.5 cm³/mol. The fourth-order valence-electron chi connectivity index (χ4n) is 2.20. The van der Waals surface area contributed by atoms with E-state index in [-0.39, 0.29) is 24.0 Å². The van der Waals surface area contributed by atoms with Crippen molar-refractivity contribution in [2.45, 2.75) is 17.2 Å². The molecule has 4 nitrogen and oxygen atoms in total. The Balaban J connectivity index is 2.12. The molecule has 0 aliphatic rings. The molecule has 0 bridgehead atoms. The number of aliphatic hydroxyl groups excluding tert-OH is 1. The van der Waals surface area contributed by atoms with Gasteiger partial charge in [0.05, 0.1) is 4.90 Å². The predicted octanol–water partition coefficient (Wildman–Crippen LogP) is 2.27. The molecule has 1 atom stereocenters. The summed E-state index contributed by atoms with van der Waals surface area (Å²) >= 11 is 0. The third kappa shape index (κ3) is 4.37. The summed E-state index contributed by atoms with van der Waals surface area (Å²) in [5, 5.41) is 9.15. The number of hydrogen-bond acceptors (Lipinski definition) is 3. The Bertz CT molecular complexity index is 704. The molecule has 2 N–H and O–H groups in total. The third-order valence-electron chi connectivity index (χ3n) is 3.37. The van der Waals surface area contributed by atoms with Crippen LogP contribution in [0.1, 0.15) is 17.9 Å². The standard InChI is InChI=1S/C16H18FNO3S/c17-15-7-4-8-16(11-15)22(20,21)18-12-14(9-10-19)13-5-2-1-3-6-13/h1-8,11,14,18-19H,9-10,12H2. The van der Waals surface area contributed by atoms with Gasteiger partial charge in [-0.15, -0.1) is 0 Å². The Kier molecular flexibility index (Phi) is 5.65. The van der Waals surface area contributed by atoms with Crippen molar-refractivity contribution in [3.05, 3.63) is 66.0 Å². The highest BCUT2D eigenvalue weighted by Gasteiger charge is 2.18. The van der Waals surface area contributed by atoms with Gasteiger partial charge >= 0.3 is 0 Å². The molecule has 0 saturated carbocycles. The van der Waals surface area contributed by atoms with Crippen molar-refractivity contribution in [1.29, 1.82) is 0 Å². The minimum Gasteiger partial charge on any atom is -0.396 e. The molecule has 0 amide bonds. The molecule has 0 spiro atoms. The van der Waals surface area contributed by atoms with E-state index in [2.05, 4.69) is 4.72 Å². The molecular weight excluding hydrogens is 305 g/mol. The van der Waals surface area contributed by atoms with E-state index in [4.69, 9.17) is 5.11 Å². The molecule has 1 unspecified atom stereocenters. The van der Waals surface area contributed by atoms with Gasteiger partial charge in [-0.2, -0.15) is 0 Å². The summed E-state index contributed by atoms with van der Waals surface area (Å²) in [4.78, 5) is -0.108. The van der Waals surface area contributed by atoms with Crippen LogP contribution in [0.2, 0.25) is 0 Å². The van der Waals surface area contributed by atoms with Crippen molar-refractivity contribution in [2.75, 3.05) is 13.2 Å². The van der Waals surface area contributed by atoms with Gasteiger partial charge in [-0.05, 0) is 36.1 Å². The first kappa shape index (κ1) is 16.6. The van der Waals surface area contributed by atoms with E-state index in [9.17, 15) is 12.8 Å². The molecule has 118 valence electrons. The van der Waals surface area contributed by atoms with Crippen molar-refractivity contribution in [2.24, 2.45) is 0 Å². The fourth-order valence-corrected chi connectivity index (χ4v) is 3.31. The molecule has 2 aromatic rings. The molecule has 0 aliphatic carbocycles. The lowest BCUT2D eigenvalue weighted by atomic mass is 9.96. The van der Waals surface area contributed by atoms with Crippen LogP contribution in [0.15, 0.2) is 59.5 Å². The van der Waals surface area contributed by atoms with Crippen LogP contribution in [0.5, 0.6) is 0 Å². The van der Waals surface area contributed by atoms with E-state index in [0.717, 1.165) is 11.6 Å². The van der Waals surface area contributed by atoms with Gasteiger partial charge in [0.15, 0.2) is 0 Å². The maximum atomic E-state index is 13.2. The number of halogens is 1. The van der Waals surface area contributed by atoms with Crippen LogP contribution in [-0.4, -0.2) is 26.7 Å². The van der Waals surface area contributed by atoms with Crippen LogP contribution in [0.4, 0.5) is 4.39 Å². The van der Waals surface area contributed by atoms with Crippen LogP contribution in [0, 0.1) is 5.82 Å². The quantitative estimate of drug-likeness (QED) is 0.821. The van der Waals surface area contributed by atoms with E-state index in [1.807, 2.05) is 30.3 Å². The van der Waals surface area contributed by atoms with Crippen LogP contribution >= 0.6 is 0 Å². The average Bonchev–Trinajstić information content (AvgIpc) is 2.52. The molecule has 0 heterocycles. The molecule has 0 radical (unpaired) electrons. The summed E-state index contributed by atoms with van der Waals surface area (Å²) in [7, 11) is -3.78. The van der Waals surface area contributed by atoms with E-state index in [1.165, 1.54) is 18.2 Å². The van der Waals surface area contributed by atoms with Crippen molar-refractivity contribution < 1.29 is 17.9 Å². The molecule has 2 aromatic carbocycles. The highest BCUT2D eigenvalue weighted by atomic mass is 32.2. The van der Waals surface area contributed by atoms with Crippen LogP contribution < -0.4 is 4.72 Å². The van der Waals surface area contributed by atoms with Crippen LogP contribution in [0.25, 0.3) is 0 Å². The maximum Gasteiger partial charge on any atom is 0.240 e. The zero-order valence-electron chi connectivity index (χ0n) is 11.9. The lowest BCUT2D eigenvalue weighted by Gasteiger charge is -2.17. The summed E-state index contributed by atoms with van der Waals surface area (Å²) < 4.78 is 40.0. The number of aliphatic hydroxyl groups is 1. The second kappa shape index (κ2) is 7.49. The SMILES string of the molecule is O=S(=O)(NCC(CCO)c1ccccc1)c1cccc(F)c1. The Morgan fingerprint density at radius 1 is 1.09 bits per heavy atom. The molecule has 22 heavy (non-hydrogen) atoms. The van der Waals surface area contributed by atoms with Crippen molar-refractivity contribution in [3.63, 3.8) is 0 Å². The maximum absolute atomic E-state index is 13.2. The summed E-state index contributed by atoms with van der Waals surface area (Å²) in [5.74, 6) is -0.743. The Hall–Kier alpha value is -1.76. The van der Waals surface area contributed by atoms with E-state index >= 15 is 0 Å². The molecule has 0 fully saturated rings. The Labute approximate surface area is 129 Å². The summed E-state index contributed by atoms with van der Waals surface area (Å²) in [6, 6.07) is 14.2. The molecule has 0 aromatic heterocycles. The lowest BCUT2D eigenvalue weighted by molar-refractivity contribution is 0.275. The first-order chi connectivity index (χ1) is 10.5. The monoisotopic (exact) mass is 323 g/mol. The second-order valence-electron chi connectivity index (χ2n) is 4.93. The fraction of sp³-hybridized carbons (Fsp3) is 0.250. The molecule has 6 heteroatoms. The summed E-state index contributed by atoms with van der Waals surface area (Å²) in [5.41, 5.74) is 0.943. The van der Waals surface area contributed by atoms with E-state index in [1.54, 1.807) is 0 Å². The van der Waals surface area contributed by atoms with E-state index < -0.39 is 15.8 Å². The minimum absolute atomic E-state index is 0.0404. The number of benzene rings is 2. The zero-order valence-corrected chi connectivity index (χ0v) is 12.8. The van der Waals surface area contributed by atoms with Crippen molar-refractivity contribution in [1.82, 2.24) is 4.72 Å². The normalized spacial score (nSPS) is 13.0. The van der Waals surface area contributed by atoms with Gasteiger partial charge in [-0.3, -0.25) is 0 Å². The molecule has 0 aliphatic heterocycles. The van der Waals surface area contributed by atoms with Gasteiger partial charge in [0.1, 0.15) is 5.82 Å². The minimum atomic E-state index is -3.78. The Morgan fingerprint density at radius 2 is 1.82 bits per heavy atom. The molecular formula is C16H18FNO3S. The van der Waals surface area contributed by atoms with Gasteiger partial charge in [-0.1, -0.05) is 36.4 Å². The van der Waals surface area contributed by atoms with Crippen molar-refractivity contribution in [3.8, 4) is 0 Å². The van der Waals surface area contributed by atoms with Gasteiger partial charge in [0.2, 0.25) is 10.0 Å². The highest BCUT2D eigenvalue weighted by molar-refractivity contribution is 7.89.